The highest BCUT2D eigenvalue weighted by Gasteiger charge is 2.07. The number of carbonyl (C=O) groups is 1. The van der Waals surface area contributed by atoms with Crippen LogP contribution in [0.4, 0.5) is 0 Å². The first-order valence-electron chi connectivity index (χ1n) is 5.91. The van der Waals surface area contributed by atoms with Crippen molar-refractivity contribution in [3.63, 3.8) is 0 Å². The van der Waals surface area contributed by atoms with Crippen molar-refractivity contribution in [2.24, 2.45) is 0 Å². The van der Waals surface area contributed by atoms with E-state index in [-0.39, 0.29) is 11.9 Å². The van der Waals surface area contributed by atoms with Crippen molar-refractivity contribution < 1.29 is 4.79 Å². The number of hydrogen-bond acceptors (Lipinski definition) is 1. The minimum absolute atomic E-state index is 0.0596. The van der Waals surface area contributed by atoms with Crippen molar-refractivity contribution >= 4 is 5.91 Å². The lowest BCUT2D eigenvalue weighted by Gasteiger charge is -2.11. The molecule has 1 amide bonds. The quantitative estimate of drug-likeness (QED) is 0.772. The van der Waals surface area contributed by atoms with Crippen molar-refractivity contribution in [3.8, 4) is 12.3 Å². The van der Waals surface area contributed by atoms with Crippen LogP contribution in [0.25, 0.3) is 0 Å². The van der Waals surface area contributed by atoms with Crippen molar-refractivity contribution in [1.82, 2.24) is 5.32 Å². The monoisotopic (exact) mass is 229 g/mol. The number of aryl methyl sites for hydroxylation is 2. The molecule has 1 unspecified atom stereocenters. The van der Waals surface area contributed by atoms with Crippen LogP contribution in [-0.4, -0.2) is 11.9 Å². The van der Waals surface area contributed by atoms with Crippen LogP contribution < -0.4 is 5.32 Å². The summed E-state index contributed by atoms with van der Waals surface area (Å²) in [5.74, 6) is 2.61. The summed E-state index contributed by atoms with van der Waals surface area (Å²) in [6.45, 7) is 3.99. The normalized spacial score (nSPS) is 11.6. The van der Waals surface area contributed by atoms with Gasteiger partial charge in [0.05, 0.1) is 0 Å². The lowest BCUT2D eigenvalue weighted by atomic mass is 10.0. The maximum atomic E-state index is 11.6. The first-order chi connectivity index (χ1) is 8.13. The van der Waals surface area contributed by atoms with Gasteiger partial charge in [0.15, 0.2) is 0 Å². The van der Waals surface area contributed by atoms with Gasteiger partial charge in [-0.2, -0.15) is 0 Å². The van der Waals surface area contributed by atoms with E-state index < -0.39 is 0 Å². The second kappa shape index (κ2) is 6.75. The van der Waals surface area contributed by atoms with E-state index in [4.69, 9.17) is 6.42 Å². The Kier molecular flexibility index (Phi) is 5.29. The maximum absolute atomic E-state index is 11.6. The number of benzene rings is 1. The van der Waals surface area contributed by atoms with Crippen molar-refractivity contribution in [2.45, 2.75) is 39.2 Å². The summed E-state index contributed by atoms with van der Waals surface area (Å²) in [5, 5.41) is 2.89. The molecule has 0 aliphatic rings. The molecule has 1 aromatic carbocycles. The number of rotatable bonds is 5. The van der Waals surface area contributed by atoms with E-state index in [2.05, 4.69) is 30.3 Å². The third kappa shape index (κ3) is 4.74. The molecule has 1 atom stereocenters. The van der Waals surface area contributed by atoms with E-state index in [0.29, 0.717) is 12.8 Å². The molecule has 1 N–H and O–H groups in total. The molecule has 0 aliphatic heterocycles. The van der Waals surface area contributed by atoms with Crippen LogP contribution in [0.15, 0.2) is 24.3 Å². The van der Waals surface area contributed by atoms with Gasteiger partial charge >= 0.3 is 0 Å². The number of nitrogens with one attached hydrogen (secondary N) is 1. The van der Waals surface area contributed by atoms with Crippen LogP contribution in [0, 0.1) is 19.3 Å². The molecule has 0 saturated carbocycles. The van der Waals surface area contributed by atoms with Gasteiger partial charge in [0.2, 0.25) is 5.91 Å². The summed E-state index contributed by atoms with van der Waals surface area (Å²) >= 11 is 0. The predicted molar refractivity (Wildman–Crippen MR) is 70.6 cm³/mol. The second-order valence-corrected chi connectivity index (χ2v) is 4.30. The Bertz CT molecular complexity index is 417. The summed E-state index contributed by atoms with van der Waals surface area (Å²) in [6.07, 6.45) is 7.06. The molecule has 2 nitrogen and oxygen atoms in total. The van der Waals surface area contributed by atoms with Crippen LogP contribution in [-0.2, 0) is 11.2 Å². The standard InChI is InChI=1S/C15H19NO/c1-4-7-13(3)16-15(17)11-10-14-9-6-5-8-12(14)2/h1,5-6,8-9,13H,7,10-11H2,2-3H3,(H,16,17). The molecule has 17 heavy (non-hydrogen) atoms. The molecule has 1 rings (SSSR count). The van der Waals surface area contributed by atoms with Crippen LogP contribution in [0.3, 0.4) is 0 Å². The zero-order valence-electron chi connectivity index (χ0n) is 10.5. The van der Waals surface area contributed by atoms with E-state index >= 15 is 0 Å². The largest absolute Gasteiger partial charge is 0.353 e. The highest BCUT2D eigenvalue weighted by Crippen LogP contribution is 2.09. The summed E-state index contributed by atoms with van der Waals surface area (Å²) < 4.78 is 0. The van der Waals surface area contributed by atoms with Gasteiger partial charge in [0.1, 0.15) is 0 Å². The van der Waals surface area contributed by atoms with Crippen LogP contribution >= 0.6 is 0 Å². The van der Waals surface area contributed by atoms with E-state index in [9.17, 15) is 4.79 Å². The molecule has 0 fully saturated rings. The van der Waals surface area contributed by atoms with Gasteiger partial charge in [-0.1, -0.05) is 24.3 Å². The summed E-state index contributed by atoms with van der Waals surface area (Å²) in [6, 6.07) is 8.20. The molecule has 0 spiro atoms. The zero-order chi connectivity index (χ0) is 12.7. The van der Waals surface area contributed by atoms with Gasteiger partial charge in [-0.15, -0.1) is 12.3 Å². The highest BCUT2D eigenvalue weighted by atomic mass is 16.1. The topological polar surface area (TPSA) is 29.1 Å². The smallest absolute Gasteiger partial charge is 0.220 e. The lowest BCUT2D eigenvalue weighted by Crippen LogP contribution is -2.32. The highest BCUT2D eigenvalue weighted by molar-refractivity contribution is 5.76. The predicted octanol–water partition coefficient (Wildman–Crippen LogP) is 2.46. The number of hydrogen-bond donors (Lipinski definition) is 1. The molecular formula is C15H19NO. The first-order valence-corrected chi connectivity index (χ1v) is 5.91. The van der Waals surface area contributed by atoms with Gasteiger partial charge in [0.25, 0.3) is 0 Å². The van der Waals surface area contributed by atoms with Gasteiger partial charge in [0, 0.05) is 18.9 Å². The Balaban J connectivity index is 2.39. The third-order valence-corrected chi connectivity index (χ3v) is 2.71. The van der Waals surface area contributed by atoms with Crippen molar-refractivity contribution in [3.05, 3.63) is 35.4 Å². The van der Waals surface area contributed by atoms with Gasteiger partial charge in [-0.3, -0.25) is 4.79 Å². The fourth-order valence-corrected chi connectivity index (χ4v) is 1.71. The average molecular weight is 229 g/mol. The number of carbonyl (C=O) groups excluding carboxylic acids is 1. The van der Waals surface area contributed by atoms with Crippen LogP contribution in [0.5, 0.6) is 0 Å². The molecular weight excluding hydrogens is 210 g/mol. The van der Waals surface area contributed by atoms with Gasteiger partial charge < -0.3 is 5.32 Å². The molecule has 0 radical (unpaired) electrons. The fraction of sp³-hybridized carbons (Fsp3) is 0.400. The molecule has 0 bridgehead atoms. The Morgan fingerprint density at radius 2 is 2.18 bits per heavy atom. The second-order valence-electron chi connectivity index (χ2n) is 4.30. The maximum Gasteiger partial charge on any atom is 0.220 e. The molecule has 1 aromatic rings. The molecule has 0 aliphatic carbocycles. The van der Waals surface area contributed by atoms with E-state index in [0.717, 1.165) is 6.42 Å². The van der Waals surface area contributed by atoms with Gasteiger partial charge in [-0.25, -0.2) is 0 Å². The van der Waals surface area contributed by atoms with E-state index in [1.807, 2.05) is 19.1 Å². The summed E-state index contributed by atoms with van der Waals surface area (Å²) in [7, 11) is 0. The minimum atomic E-state index is 0.0596. The number of amides is 1. The molecule has 0 aromatic heterocycles. The van der Waals surface area contributed by atoms with Crippen molar-refractivity contribution in [1.29, 1.82) is 0 Å². The summed E-state index contributed by atoms with van der Waals surface area (Å²) in [4.78, 5) is 11.6. The molecule has 0 saturated heterocycles. The van der Waals surface area contributed by atoms with Gasteiger partial charge in [-0.05, 0) is 31.4 Å². The Hall–Kier alpha value is -1.75. The third-order valence-electron chi connectivity index (χ3n) is 2.71. The molecule has 2 heteroatoms. The average Bonchev–Trinajstić information content (AvgIpc) is 2.28. The SMILES string of the molecule is C#CCC(C)NC(=O)CCc1ccccc1C. The Labute approximate surface area is 103 Å². The summed E-state index contributed by atoms with van der Waals surface area (Å²) in [5.41, 5.74) is 2.46. The fourth-order valence-electron chi connectivity index (χ4n) is 1.71. The van der Waals surface area contributed by atoms with E-state index in [1.165, 1.54) is 11.1 Å². The van der Waals surface area contributed by atoms with Crippen molar-refractivity contribution in [2.75, 3.05) is 0 Å². The molecule has 90 valence electrons. The Morgan fingerprint density at radius 3 is 2.82 bits per heavy atom. The first kappa shape index (κ1) is 13.3. The van der Waals surface area contributed by atoms with Crippen LogP contribution in [0.1, 0.15) is 30.9 Å². The lowest BCUT2D eigenvalue weighted by molar-refractivity contribution is -0.121. The van der Waals surface area contributed by atoms with Crippen LogP contribution in [0.2, 0.25) is 0 Å². The molecule has 0 heterocycles. The zero-order valence-corrected chi connectivity index (χ0v) is 10.5. The number of terminal acetylenes is 1. The Morgan fingerprint density at radius 1 is 1.47 bits per heavy atom. The minimum Gasteiger partial charge on any atom is -0.353 e. The van der Waals surface area contributed by atoms with E-state index in [1.54, 1.807) is 0 Å².